The first kappa shape index (κ1) is 11.1. The highest BCUT2D eigenvalue weighted by Crippen LogP contribution is 2.08. The van der Waals surface area contributed by atoms with Gasteiger partial charge in [-0.15, -0.1) is 11.3 Å². The van der Waals surface area contributed by atoms with E-state index in [4.69, 9.17) is 12.2 Å². The lowest BCUT2D eigenvalue weighted by Crippen LogP contribution is -2.32. The molecule has 14 heavy (non-hydrogen) atoms. The smallest absolute Gasteiger partial charge is 0.186 e. The van der Waals surface area contributed by atoms with E-state index in [-0.39, 0.29) is 0 Å². The van der Waals surface area contributed by atoms with Gasteiger partial charge >= 0.3 is 0 Å². The van der Waals surface area contributed by atoms with Crippen LogP contribution in [0.2, 0.25) is 0 Å². The molecular weight excluding hydrogens is 214 g/mol. The van der Waals surface area contributed by atoms with Crippen molar-refractivity contribution in [1.82, 2.24) is 10.7 Å². The number of rotatable bonds is 3. The Balaban J connectivity index is 2.49. The van der Waals surface area contributed by atoms with Crippen LogP contribution in [0.3, 0.4) is 0 Å². The van der Waals surface area contributed by atoms with Crippen molar-refractivity contribution < 1.29 is 0 Å². The van der Waals surface area contributed by atoms with Crippen molar-refractivity contribution in [2.24, 2.45) is 5.10 Å². The Hall–Kier alpha value is -0.940. The Bertz CT molecular complexity index is 317. The third-order valence-corrected chi connectivity index (χ3v) is 2.75. The summed E-state index contributed by atoms with van der Waals surface area (Å²) >= 11 is 6.64. The predicted octanol–water partition coefficient (Wildman–Crippen LogP) is 1.96. The Kier molecular flexibility index (Phi) is 4.55. The fraction of sp³-hybridized carbons (Fsp3) is 0.333. The normalized spacial score (nSPS) is 11.1. The van der Waals surface area contributed by atoms with Gasteiger partial charge in [-0.05, 0) is 37.5 Å². The lowest BCUT2D eigenvalue weighted by atomic mass is 10.3. The van der Waals surface area contributed by atoms with Gasteiger partial charge in [-0.3, -0.25) is 5.43 Å². The molecule has 0 saturated heterocycles. The molecule has 1 aromatic rings. The van der Waals surface area contributed by atoms with Crippen LogP contribution in [0.5, 0.6) is 0 Å². The average molecular weight is 227 g/mol. The first-order valence-corrected chi connectivity index (χ1v) is 5.65. The number of hydrazone groups is 1. The molecule has 0 amide bonds. The minimum absolute atomic E-state index is 0.559. The summed E-state index contributed by atoms with van der Waals surface area (Å²) in [6.07, 6.45) is 0. The Morgan fingerprint density at radius 2 is 2.43 bits per heavy atom. The second-order valence-corrected chi connectivity index (χ2v) is 4.00. The quantitative estimate of drug-likeness (QED) is 0.471. The molecule has 76 valence electrons. The number of thiophene rings is 1. The molecule has 0 unspecified atom stereocenters. The molecule has 5 heteroatoms. The summed E-state index contributed by atoms with van der Waals surface area (Å²) in [6, 6.07) is 4.03. The van der Waals surface area contributed by atoms with Crippen molar-refractivity contribution in [3.63, 3.8) is 0 Å². The van der Waals surface area contributed by atoms with E-state index in [1.54, 1.807) is 11.3 Å². The predicted molar refractivity (Wildman–Crippen MR) is 65.9 cm³/mol. The van der Waals surface area contributed by atoms with Crippen LogP contribution < -0.4 is 10.7 Å². The van der Waals surface area contributed by atoms with Gasteiger partial charge in [0.1, 0.15) is 0 Å². The summed E-state index contributed by atoms with van der Waals surface area (Å²) in [5.74, 6) is 0. The van der Waals surface area contributed by atoms with E-state index in [0.717, 1.165) is 17.1 Å². The summed E-state index contributed by atoms with van der Waals surface area (Å²) in [4.78, 5) is 1.15. The van der Waals surface area contributed by atoms with Crippen molar-refractivity contribution in [2.75, 3.05) is 6.54 Å². The molecule has 0 saturated carbocycles. The Morgan fingerprint density at radius 1 is 1.64 bits per heavy atom. The highest BCUT2D eigenvalue weighted by molar-refractivity contribution is 7.80. The average Bonchev–Trinajstić information content (AvgIpc) is 2.67. The van der Waals surface area contributed by atoms with Gasteiger partial charge in [0.15, 0.2) is 5.11 Å². The number of nitrogens with zero attached hydrogens (tertiary/aromatic N) is 1. The fourth-order valence-corrected chi connectivity index (χ4v) is 1.74. The maximum atomic E-state index is 4.98. The minimum Gasteiger partial charge on any atom is -0.362 e. The molecule has 0 aliphatic rings. The molecular formula is C9H13N3S2. The molecule has 3 nitrogen and oxygen atoms in total. The molecule has 0 aliphatic heterocycles. The topological polar surface area (TPSA) is 36.4 Å². The highest BCUT2D eigenvalue weighted by atomic mass is 32.1. The highest BCUT2D eigenvalue weighted by Gasteiger charge is 1.97. The molecule has 0 bridgehead atoms. The number of thiocarbonyl (C=S) groups is 1. The maximum Gasteiger partial charge on any atom is 0.186 e. The standard InChI is InChI=1S/C9H13N3S2/c1-3-10-9(13)12-11-7(2)8-5-4-6-14-8/h4-6H,3H2,1-2H3,(H2,10,12,13). The first-order valence-electron chi connectivity index (χ1n) is 4.36. The summed E-state index contributed by atoms with van der Waals surface area (Å²) < 4.78 is 0. The van der Waals surface area contributed by atoms with E-state index in [1.807, 2.05) is 31.4 Å². The van der Waals surface area contributed by atoms with Gasteiger partial charge in [-0.1, -0.05) is 6.07 Å². The van der Waals surface area contributed by atoms with E-state index in [1.165, 1.54) is 0 Å². The molecule has 2 N–H and O–H groups in total. The van der Waals surface area contributed by atoms with E-state index >= 15 is 0 Å². The van der Waals surface area contributed by atoms with Crippen molar-refractivity contribution in [3.05, 3.63) is 22.4 Å². The van der Waals surface area contributed by atoms with E-state index in [2.05, 4.69) is 15.8 Å². The summed E-state index contributed by atoms with van der Waals surface area (Å²) in [5, 5.41) is 9.70. The summed E-state index contributed by atoms with van der Waals surface area (Å²) in [7, 11) is 0. The van der Waals surface area contributed by atoms with Crippen LogP contribution in [-0.2, 0) is 0 Å². The van der Waals surface area contributed by atoms with Crippen LogP contribution >= 0.6 is 23.6 Å². The lowest BCUT2D eigenvalue weighted by molar-refractivity contribution is 0.901. The van der Waals surface area contributed by atoms with Crippen LogP contribution in [0.1, 0.15) is 18.7 Å². The van der Waals surface area contributed by atoms with E-state index < -0.39 is 0 Å². The second kappa shape index (κ2) is 5.72. The SMILES string of the molecule is CCNC(=S)NN=C(C)c1cccs1. The van der Waals surface area contributed by atoms with Gasteiger partial charge in [0.25, 0.3) is 0 Å². The molecule has 0 atom stereocenters. The van der Waals surface area contributed by atoms with Gasteiger partial charge < -0.3 is 5.32 Å². The van der Waals surface area contributed by atoms with Crippen LogP contribution in [0.15, 0.2) is 22.6 Å². The monoisotopic (exact) mass is 227 g/mol. The molecule has 0 aliphatic carbocycles. The van der Waals surface area contributed by atoms with Gasteiger partial charge in [0.05, 0.1) is 5.71 Å². The zero-order valence-corrected chi connectivity index (χ0v) is 9.84. The third-order valence-electron chi connectivity index (χ3n) is 1.54. The van der Waals surface area contributed by atoms with Gasteiger partial charge in [-0.2, -0.15) is 5.10 Å². The molecule has 1 aromatic heterocycles. The molecule has 1 rings (SSSR count). The van der Waals surface area contributed by atoms with Gasteiger partial charge in [0, 0.05) is 11.4 Å². The molecule has 0 spiro atoms. The second-order valence-electron chi connectivity index (χ2n) is 2.65. The van der Waals surface area contributed by atoms with E-state index in [9.17, 15) is 0 Å². The Morgan fingerprint density at radius 3 is 3.00 bits per heavy atom. The van der Waals surface area contributed by atoms with Crippen LogP contribution in [0.25, 0.3) is 0 Å². The summed E-state index contributed by atoms with van der Waals surface area (Å²) in [5.41, 5.74) is 3.73. The van der Waals surface area contributed by atoms with Gasteiger partial charge in [-0.25, -0.2) is 0 Å². The Labute approximate surface area is 93.2 Å². The van der Waals surface area contributed by atoms with Crippen molar-refractivity contribution in [2.45, 2.75) is 13.8 Å². The van der Waals surface area contributed by atoms with Crippen LogP contribution in [0.4, 0.5) is 0 Å². The fourth-order valence-electron chi connectivity index (χ4n) is 0.874. The molecule has 0 radical (unpaired) electrons. The lowest BCUT2D eigenvalue weighted by Gasteiger charge is -2.04. The van der Waals surface area contributed by atoms with Crippen LogP contribution in [0, 0.1) is 0 Å². The number of hydrogen-bond donors (Lipinski definition) is 2. The number of hydrogen-bond acceptors (Lipinski definition) is 3. The maximum absolute atomic E-state index is 4.98. The first-order chi connectivity index (χ1) is 6.74. The largest absolute Gasteiger partial charge is 0.362 e. The summed E-state index contributed by atoms with van der Waals surface area (Å²) in [6.45, 7) is 4.75. The van der Waals surface area contributed by atoms with Crippen molar-refractivity contribution in [3.8, 4) is 0 Å². The molecule has 0 aromatic carbocycles. The zero-order chi connectivity index (χ0) is 10.4. The van der Waals surface area contributed by atoms with Crippen LogP contribution in [-0.4, -0.2) is 17.4 Å². The number of nitrogens with one attached hydrogen (secondary N) is 2. The van der Waals surface area contributed by atoms with Gasteiger partial charge in [0.2, 0.25) is 0 Å². The minimum atomic E-state index is 0.559. The van der Waals surface area contributed by atoms with Crippen molar-refractivity contribution in [1.29, 1.82) is 0 Å². The molecule has 0 fully saturated rings. The zero-order valence-electron chi connectivity index (χ0n) is 8.20. The van der Waals surface area contributed by atoms with E-state index in [0.29, 0.717) is 5.11 Å². The third kappa shape index (κ3) is 3.43. The molecule has 1 heterocycles. The van der Waals surface area contributed by atoms with Crippen molar-refractivity contribution >= 4 is 34.4 Å².